The Morgan fingerprint density at radius 1 is 0.800 bits per heavy atom. The summed E-state index contributed by atoms with van der Waals surface area (Å²) in [6.45, 7) is 0.422. The van der Waals surface area contributed by atoms with E-state index in [2.05, 4.69) is 26.6 Å². The van der Waals surface area contributed by atoms with E-state index in [4.69, 9.17) is 18.9 Å². The van der Waals surface area contributed by atoms with E-state index in [1.807, 2.05) is 54.6 Å². The Bertz CT molecular complexity index is 1420. The molecule has 0 aromatic heterocycles. The van der Waals surface area contributed by atoms with Gasteiger partial charge in [-0.25, -0.2) is 0 Å². The quantitative estimate of drug-likeness (QED) is 0.426. The zero-order valence-electron chi connectivity index (χ0n) is 18.6. The molecule has 3 aliphatic heterocycles. The molecule has 0 fully saturated rings. The van der Waals surface area contributed by atoms with Gasteiger partial charge >= 0.3 is 0 Å². The molecule has 0 spiro atoms. The first-order valence-corrected chi connectivity index (χ1v) is 12.3. The van der Waals surface area contributed by atoms with Crippen molar-refractivity contribution in [1.29, 1.82) is 0 Å². The Kier molecular flexibility index (Phi) is 4.70. The van der Waals surface area contributed by atoms with Crippen molar-refractivity contribution >= 4 is 33.1 Å². The monoisotopic (exact) mass is 532 g/mol. The number of benzene rings is 3. The number of carbonyl (C=O) groups excluding carboxylic acids is 1. The van der Waals surface area contributed by atoms with Gasteiger partial charge in [-0.3, -0.25) is 4.79 Å². The maximum absolute atomic E-state index is 13.8. The van der Waals surface area contributed by atoms with Gasteiger partial charge in [0.15, 0.2) is 28.8 Å². The summed E-state index contributed by atoms with van der Waals surface area (Å²) in [7, 11) is 0. The number of carbonyl (C=O) groups is 1. The van der Waals surface area contributed by atoms with Crippen molar-refractivity contribution in [2.45, 2.75) is 24.8 Å². The molecule has 0 bridgehead atoms. The van der Waals surface area contributed by atoms with Crippen LogP contribution in [-0.4, -0.2) is 19.4 Å². The minimum atomic E-state index is -0.352. The Labute approximate surface area is 210 Å². The van der Waals surface area contributed by atoms with Gasteiger partial charge in [0.25, 0.3) is 0 Å². The number of hydrogen-bond acceptors (Lipinski definition) is 7. The minimum Gasteiger partial charge on any atom is -0.454 e. The van der Waals surface area contributed by atoms with Crippen molar-refractivity contribution in [3.05, 3.63) is 81.5 Å². The second kappa shape index (κ2) is 7.95. The molecule has 176 valence electrons. The summed E-state index contributed by atoms with van der Waals surface area (Å²) in [6, 6.07) is 17.5. The Balaban J connectivity index is 1.33. The number of halogens is 1. The third-order valence-corrected chi connectivity index (χ3v) is 7.67. The van der Waals surface area contributed by atoms with Crippen LogP contribution in [0.5, 0.6) is 23.0 Å². The number of Topliss-reactive ketones (excluding diaryl/α,β-unsaturated/α-hetero) is 1. The molecule has 1 aliphatic carbocycles. The maximum Gasteiger partial charge on any atom is 0.231 e. The lowest BCUT2D eigenvalue weighted by atomic mass is 9.78. The summed E-state index contributed by atoms with van der Waals surface area (Å²) in [6.07, 6.45) is 1.12. The van der Waals surface area contributed by atoms with Crippen LogP contribution >= 0.6 is 15.9 Å². The number of hydrogen-bond donors (Lipinski definition) is 2. The second-order valence-corrected chi connectivity index (χ2v) is 9.86. The first-order valence-electron chi connectivity index (χ1n) is 11.5. The molecule has 0 amide bonds. The lowest BCUT2D eigenvalue weighted by Gasteiger charge is -2.30. The number of ether oxygens (including phenoxy) is 4. The average molecular weight is 533 g/mol. The molecule has 0 saturated carbocycles. The predicted octanol–water partition coefficient (Wildman–Crippen LogP) is 5.89. The van der Waals surface area contributed by atoms with Gasteiger partial charge in [0, 0.05) is 22.2 Å². The molecule has 35 heavy (non-hydrogen) atoms. The summed E-state index contributed by atoms with van der Waals surface area (Å²) in [4.78, 5) is 13.8. The number of ketones is 1. The van der Waals surface area contributed by atoms with Crippen molar-refractivity contribution < 1.29 is 23.7 Å². The Hall–Kier alpha value is -3.65. The average Bonchev–Trinajstić information content (AvgIpc) is 3.48. The van der Waals surface area contributed by atoms with E-state index >= 15 is 0 Å². The molecule has 3 aromatic rings. The van der Waals surface area contributed by atoms with Crippen LogP contribution in [0.3, 0.4) is 0 Å². The molecule has 7 nitrogen and oxygen atoms in total. The zero-order chi connectivity index (χ0) is 23.5. The van der Waals surface area contributed by atoms with E-state index in [0.717, 1.165) is 49.7 Å². The molecule has 7 rings (SSSR count). The Morgan fingerprint density at radius 3 is 2.34 bits per heavy atom. The largest absolute Gasteiger partial charge is 0.454 e. The van der Waals surface area contributed by atoms with Crippen LogP contribution in [0.2, 0.25) is 0 Å². The fourth-order valence-corrected chi connectivity index (χ4v) is 5.83. The van der Waals surface area contributed by atoms with Crippen LogP contribution in [0, 0.1) is 0 Å². The van der Waals surface area contributed by atoms with Gasteiger partial charge in [0.2, 0.25) is 13.6 Å². The van der Waals surface area contributed by atoms with E-state index in [0.29, 0.717) is 24.3 Å². The fraction of sp³-hybridized carbons (Fsp3) is 0.222. The van der Waals surface area contributed by atoms with Gasteiger partial charge in [-0.1, -0.05) is 34.1 Å². The molecule has 0 unspecified atom stereocenters. The Morgan fingerprint density at radius 2 is 1.51 bits per heavy atom. The van der Waals surface area contributed by atoms with Crippen molar-refractivity contribution in [2.75, 3.05) is 24.2 Å². The van der Waals surface area contributed by atoms with E-state index in [1.165, 1.54) is 0 Å². The van der Waals surface area contributed by atoms with Gasteiger partial charge in [0.1, 0.15) is 0 Å². The van der Waals surface area contributed by atoms with Gasteiger partial charge in [0.05, 0.1) is 17.4 Å². The number of fused-ring (bicyclic) bond motifs is 3. The first-order chi connectivity index (χ1) is 17.1. The zero-order valence-corrected chi connectivity index (χ0v) is 20.2. The van der Waals surface area contributed by atoms with Gasteiger partial charge in [-0.2, -0.15) is 0 Å². The van der Waals surface area contributed by atoms with Gasteiger partial charge in [-0.15, -0.1) is 0 Å². The smallest absolute Gasteiger partial charge is 0.231 e. The molecular weight excluding hydrogens is 512 g/mol. The third-order valence-electron chi connectivity index (χ3n) is 6.98. The minimum absolute atomic E-state index is 0.0364. The van der Waals surface area contributed by atoms with Gasteiger partial charge in [-0.05, 0) is 59.9 Å². The number of para-hydroxylation sites is 2. The summed E-state index contributed by atoms with van der Waals surface area (Å²) in [5.41, 5.74) is 5.55. The van der Waals surface area contributed by atoms with Gasteiger partial charge < -0.3 is 29.6 Å². The fourth-order valence-electron chi connectivity index (χ4n) is 5.28. The highest BCUT2D eigenvalue weighted by atomic mass is 79.9. The van der Waals surface area contributed by atoms with E-state index < -0.39 is 0 Å². The van der Waals surface area contributed by atoms with Crippen LogP contribution in [0.4, 0.5) is 11.4 Å². The highest BCUT2D eigenvalue weighted by Crippen LogP contribution is 2.48. The van der Waals surface area contributed by atoms with E-state index in [1.54, 1.807) is 0 Å². The summed E-state index contributed by atoms with van der Waals surface area (Å²) in [5.74, 6) is 3.00. The molecule has 0 saturated heterocycles. The van der Waals surface area contributed by atoms with E-state index in [-0.39, 0.29) is 31.3 Å². The normalized spacial score (nSPS) is 21.6. The molecule has 2 N–H and O–H groups in total. The molecule has 3 aromatic carbocycles. The van der Waals surface area contributed by atoms with Crippen LogP contribution < -0.4 is 29.6 Å². The number of rotatable bonds is 2. The maximum atomic E-state index is 13.8. The lowest BCUT2D eigenvalue weighted by molar-refractivity contribution is -0.116. The van der Waals surface area contributed by atoms with Crippen molar-refractivity contribution in [2.24, 2.45) is 0 Å². The SMILES string of the molecule is O=C1C[C@H](c2ccc3c(c2)OCO3)CC2=C1[C@H](c1cc3c(cc1Br)OCO3)Nc1ccccc1N2. The van der Waals surface area contributed by atoms with Crippen LogP contribution in [0.15, 0.2) is 70.3 Å². The number of allylic oxidation sites excluding steroid dienone is 1. The predicted molar refractivity (Wildman–Crippen MR) is 133 cm³/mol. The molecule has 2 atom stereocenters. The van der Waals surface area contributed by atoms with Crippen LogP contribution in [-0.2, 0) is 4.79 Å². The lowest BCUT2D eigenvalue weighted by Crippen LogP contribution is -2.27. The summed E-state index contributed by atoms with van der Waals surface area (Å²) >= 11 is 3.71. The van der Waals surface area contributed by atoms with Crippen LogP contribution in [0.1, 0.15) is 35.9 Å². The molecule has 3 heterocycles. The standard InChI is InChI=1S/C27H21BrN2O5/c28-17-11-25-24(34-13-35-25)10-16(17)27-26-20(29-18-3-1-2-4-19(18)30-27)7-15(8-21(26)31)14-5-6-22-23(9-14)33-12-32-22/h1-6,9-11,15,27,29-30H,7-8,12-13H2/t15-,27+/m1/s1. The molecule has 8 heteroatoms. The van der Waals surface area contributed by atoms with Crippen molar-refractivity contribution in [3.63, 3.8) is 0 Å². The summed E-state index contributed by atoms with van der Waals surface area (Å²) < 4.78 is 23.1. The summed E-state index contributed by atoms with van der Waals surface area (Å²) in [5, 5.41) is 7.21. The highest BCUT2D eigenvalue weighted by Gasteiger charge is 2.37. The highest BCUT2D eigenvalue weighted by molar-refractivity contribution is 9.10. The molecular formula is C27H21BrN2O5. The van der Waals surface area contributed by atoms with Crippen LogP contribution in [0.25, 0.3) is 0 Å². The first kappa shape index (κ1) is 20.7. The number of anilines is 2. The van der Waals surface area contributed by atoms with Crippen molar-refractivity contribution in [1.82, 2.24) is 0 Å². The second-order valence-electron chi connectivity index (χ2n) is 9.01. The molecule has 4 aliphatic rings. The van der Waals surface area contributed by atoms with E-state index in [9.17, 15) is 4.79 Å². The van der Waals surface area contributed by atoms with Crippen molar-refractivity contribution in [3.8, 4) is 23.0 Å². The number of nitrogens with one attached hydrogen (secondary N) is 2. The third kappa shape index (κ3) is 3.43. The topological polar surface area (TPSA) is 78.1 Å². The molecule has 0 radical (unpaired) electrons.